The summed E-state index contributed by atoms with van der Waals surface area (Å²) >= 11 is 0. The number of ether oxygens (including phenoxy) is 2. The summed E-state index contributed by atoms with van der Waals surface area (Å²) < 4.78 is 28.4. The number of hydrogen-bond donors (Lipinski definition) is 3. The molecule has 1 aromatic heterocycles. The molecule has 0 aliphatic heterocycles. The van der Waals surface area contributed by atoms with Crippen molar-refractivity contribution in [1.82, 2.24) is 21.1 Å². The second kappa shape index (κ2) is 10.3. The van der Waals surface area contributed by atoms with Gasteiger partial charge in [-0.2, -0.15) is 0 Å². The number of nitrogens with one attached hydrogen (secondary N) is 2. The molecule has 28 heavy (non-hydrogen) atoms. The van der Waals surface area contributed by atoms with Crippen LogP contribution in [-0.2, 0) is 16.1 Å². The number of halogens is 1. The molecule has 3 N–H and O–H groups in total. The van der Waals surface area contributed by atoms with Crippen LogP contribution in [0, 0.1) is 12.7 Å². The molecule has 10 nitrogen and oxygen atoms in total. The fourth-order valence-corrected chi connectivity index (χ4v) is 2.09. The van der Waals surface area contributed by atoms with Gasteiger partial charge in [0.25, 0.3) is 0 Å². The maximum atomic E-state index is 13.4. The molecule has 1 heterocycles. The number of hydroxylamine groups is 1. The van der Waals surface area contributed by atoms with Gasteiger partial charge in [0.2, 0.25) is 0 Å². The molecule has 2 aromatic rings. The van der Waals surface area contributed by atoms with Crippen molar-refractivity contribution < 1.29 is 28.5 Å². The number of aryl methyl sites for hydroxylation is 1. The minimum Gasteiger partial charge on any atom is -0.447 e. The number of hydrogen-bond acceptors (Lipinski definition) is 8. The Morgan fingerprint density at radius 3 is 2.86 bits per heavy atom. The number of nitrogens with zero attached hydrogens (tertiary/aromatic N) is 3. The zero-order valence-electron chi connectivity index (χ0n) is 15.7. The van der Waals surface area contributed by atoms with E-state index in [1.54, 1.807) is 20.8 Å². The van der Waals surface area contributed by atoms with Crippen molar-refractivity contribution in [3.8, 4) is 0 Å². The first-order valence-electron chi connectivity index (χ1n) is 8.49. The van der Waals surface area contributed by atoms with E-state index in [0.717, 1.165) is 0 Å². The highest BCUT2D eigenvalue weighted by atomic mass is 19.1. The monoisotopic (exact) mass is 395 g/mol. The second-order valence-corrected chi connectivity index (χ2v) is 6.00. The summed E-state index contributed by atoms with van der Waals surface area (Å²) in [4.78, 5) is 15.5. The third-order valence-electron chi connectivity index (χ3n) is 3.37. The Labute approximate surface area is 160 Å². The predicted molar refractivity (Wildman–Crippen MR) is 95.8 cm³/mol. The molecule has 0 aliphatic carbocycles. The van der Waals surface area contributed by atoms with Crippen molar-refractivity contribution in [2.24, 2.45) is 4.99 Å². The molecule has 2 rings (SSSR count). The molecule has 11 heteroatoms. The quantitative estimate of drug-likeness (QED) is 0.268. The minimum atomic E-state index is -0.532. The van der Waals surface area contributed by atoms with Gasteiger partial charge in [-0.05, 0) is 49.7 Å². The average Bonchev–Trinajstić information content (AvgIpc) is 3.10. The minimum absolute atomic E-state index is 0.00286. The van der Waals surface area contributed by atoms with Gasteiger partial charge in [-0.15, -0.1) is 0 Å². The van der Waals surface area contributed by atoms with Crippen molar-refractivity contribution in [2.45, 2.75) is 33.5 Å². The largest absolute Gasteiger partial charge is 0.447 e. The first kappa shape index (κ1) is 21.3. The van der Waals surface area contributed by atoms with Gasteiger partial charge >= 0.3 is 6.09 Å². The van der Waals surface area contributed by atoms with E-state index in [1.165, 1.54) is 18.2 Å². The summed E-state index contributed by atoms with van der Waals surface area (Å²) in [6.45, 7) is 5.52. The normalized spacial score (nSPS) is 11.6. The van der Waals surface area contributed by atoms with Crippen molar-refractivity contribution in [3.63, 3.8) is 0 Å². The molecule has 0 unspecified atom stereocenters. The fraction of sp³-hybridized carbons (Fsp3) is 0.412. The van der Waals surface area contributed by atoms with Crippen LogP contribution in [0.1, 0.15) is 30.8 Å². The summed E-state index contributed by atoms with van der Waals surface area (Å²) in [5.41, 5.74) is 3.15. The van der Waals surface area contributed by atoms with Crippen LogP contribution in [0.25, 0.3) is 0 Å². The lowest BCUT2D eigenvalue weighted by Gasteiger charge is -2.09. The summed E-state index contributed by atoms with van der Waals surface area (Å²) in [5, 5.41) is 19.3. The number of aliphatic imine (C=N–C) groups is 1. The first-order chi connectivity index (χ1) is 13.4. The second-order valence-electron chi connectivity index (χ2n) is 6.00. The molecule has 0 fully saturated rings. The lowest BCUT2D eigenvalue weighted by Crippen LogP contribution is -2.29. The molecule has 0 radical (unpaired) electrons. The van der Waals surface area contributed by atoms with Crippen LogP contribution >= 0.6 is 0 Å². The Bertz CT molecular complexity index is 824. The Balaban J connectivity index is 1.94. The number of aromatic nitrogens is 2. The van der Waals surface area contributed by atoms with E-state index in [9.17, 15) is 14.4 Å². The Hall–Kier alpha value is -3.05. The third-order valence-corrected chi connectivity index (χ3v) is 3.37. The molecular formula is C17H22FN5O5. The predicted octanol–water partition coefficient (Wildman–Crippen LogP) is 2.23. The Kier molecular flexibility index (Phi) is 7.84. The van der Waals surface area contributed by atoms with E-state index >= 15 is 0 Å². The average molecular weight is 395 g/mol. The summed E-state index contributed by atoms with van der Waals surface area (Å²) in [6.07, 6.45) is -0.742. The highest BCUT2D eigenvalue weighted by molar-refractivity contribution is 5.98. The Morgan fingerprint density at radius 2 is 2.18 bits per heavy atom. The van der Waals surface area contributed by atoms with Crippen LogP contribution in [0.2, 0.25) is 0 Å². The van der Waals surface area contributed by atoms with Crippen molar-refractivity contribution in [1.29, 1.82) is 0 Å². The number of carbonyl (C=O) groups is 1. The van der Waals surface area contributed by atoms with E-state index in [2.05, 4.69) is 25.3 Å². The van der Waals surface area contributed by atoms with Crippen LogP contribution < -0.4 is 10.8 Å². The van der Waals surface area contributed by atoms with E-state index in [-0.39, 0.29) is 48.9 Å². The maximum Gasteiger partial charge on any atom is 0.407 e. The zero-order chi connectivity index (χ0) is 20.5. The number of rotatable bonds is 8. The molecule has 1 aromatic carbocycles. The van der Waals surface area contributed by atoms with Crippen molar-refractivity contribution in [2.75, 3.05) is 13.2 Å². The maximum absolute atomic E-state index is 13.4. The molecule has 1 amide bonds. The Morgan fingerprint density at radius 1 is 1.39 bits per heavy atom. The molecule has 0 saturated carbocycles. The van der Waals surface area contributed by atoms with Crippen molar-refractivity contribution in [3.05, 3.63) is 41.0 Å². The highest BCUT2D eigenvalue weighted by Gasteiger charge is 2.17. The zero-order valence-corrected chi connectivity index (χ0v) is 15.7. The van der Waals surface area contributed by atoms with Crippen molar-refractivity contribution >= 4 is 17.6 Å². The van der Waals surface area contributed by atoms with Gasteiger partial charge in [0.15, 0.2) is 11.5 Å². The van der Waals surface area contributed by atoms with Gasteiger partial charge in [-0.25, -0.2) is 18.8 Å². The number of alkyl carbamates (subject to hydrolysis) is 1. The smallest absolute Gasteiger partial charge is 0.407 e. The van der Waals surface area contributed by atoms with Crippen LogP contribution in [-0.4, -0.2) is 46.7 Å². The first-order valence-corrected chi connectivity index (χ1v) is 8.49. The van der Waals surface area contributed by atoms with Gasteiger partial charge in [0.1, 0.15) is 11.5 Å². The lowest BCUT2D eigenvalue weighted by atomic mass is 10.2. The molecule has 152 valence electrons. The number of benzene rings is 1. The standard InChI is InChI=1S/C17H22FN5O5/c1-10(2)27-17(24)19-6-7-26-9-14-15(23-28-22-14)16(21-25)20-12-4-5-13(18)11(3)8-12/h4-5,8,10,25H,6-7,9H2,1-3H3,(H,19,24)(H,20,21). The highest BCUT2D eigenvalue weighted by Crippen LogP contribution is 2.18. The molecule has 0 aliphatic rings. The van der Waals surface area contributed by atoms with Crippen LogP contribution in [0.15, 0.2) is 27.8 Å². The topological polar surface area (TPSA) is 131 Å². The summed E-state index contributed by atoms with van der Waals surface area (Å²) in [5.74, 6) is -0.398. The summed E-state index contributed by atoms with van der Waals surface area (Å²) in [6, 6.07) is 4.23. The van der Waals surface area contributed by atoms with Crippen LogP contribution in [0.5, 0.6) is 0 Å². The third kappa shape index (κ3) is 6.28. The SMILES string of the molecule is Cc1cc(N=C(NO)c2nonc2COCCNC(=O)OC(C)C)ccc1F. The van der Waals surface area contributed by atoms with Gasteiger partial charge < -0.3 is 14.8 Å². The molecule has 0 bridgehead atoms. The van der Waals surface area contributed by atoms with E-state index in [4.69, 9.17) is 9.47 Å². The van der Waals surface area contributed by atoms with Crippen LogP contribution in [0.4, 0.5) is 14.9 Å². The fourth-order valence-electron chi connectivity index (χ4n) is 2.09. The molecule has 0 atom stereocenters. The molecule has 0 spiro atoms. The van der Waals surface area contributed by atoms with E-state index in [0.29, 0.717) is 11.3 Å². The van der Waals surface area contributed by atoms with Gasteiger partial charge in [0.05, 0.1) is 25.0 Å². The van der Waals surface area contributed by atoms with E-state index in [1.807, 2.05) is 5.48 Å². The van der Waals surface area contributed by atoms with Crippen LogP contribution in [0.3, 0.4) is 0 Å². The lowest BCUT2D eigenvalue weighted by molar-refractivity contribution is 0.0981. The number of amides is 1. The molecule has 0 saturated heterocycles. The van der Waals surface area contributed by atoms with Gasteiger partial charge in [-0.1, -0.05) is 5.16 Å². The number of amidine groups is 1. The number of carbonyl (C=O) groups excluding carboxylic acids is 1. The van der Waals surface area contributed by atoms with Gasteiger partial charge in [0, 0.05) is 6.54 Å². The summed E-state index contributed by atoms with van der Waals surface area (Å²) in [7, 11) is 0. The van der Waals surface area contributed by atoms with Gasteiger partial charge in [-0.3, -0.25) is 10.7 Å². The molecular weight excluding hydrogens is 373 g/mol. The van der Waals surface area contributed by atoms with E-state index < -0.39 is 6.09 Å².